The molecule has 0 saturated carbocycles. The Hall–Kier alpha value is -3.31. The first kappa shape index (κ1) is 20.0. The highest BCUT2D eigenvalue weighted by atomic mass is 16.5. The number of benzene rings is 2. The molecule has 4 aromatic rings. The van der Waals surface area contributed by atoms with Crippen molar-refractivity contribution in [3.05, 3.63) is 95.4 Å². The van der Waals surface area contributed by atoms with Crippen molar-refractivity contribution in [2.75, 3.05) is 0 Å². The molecule has 2 N–H and O–H groups in total. The molecular formula is C25H27N3O2. The SMILES string of the molecule is Cc1cccn2cc(COc3ccc(CNC(C)Cc4ccccc4O)cc3)nc12. The minimum atomic E-state index is 0.257. The van der Waals surface area contributed by atoms with Gasteiger partial charge < -0.3 is 19.6 Å². The zero-order chi connectivity index (χ0) is 20.9. The van der Waals surface area contributed by atoms with Crippen molar-refractivity contribution in [1.82, 2.24) is 14.7 Å². The first-order chi connectivity index (χ1) is 14.6. The quantitative estimate of drug-likeness (QED) is 0.451. The number of aryl methyl sites for hydroxylation is 1. The molecule has 30 heavy (non-hydrogen) atoms. The van der Waals surface area contributed by atoms with Crippen molar-refractivity contribution < 1.29 is 9.84 Å². The number of fused-ring (bicyclic) bond motifs is 1. The fraction of sp³-hybridized carbons (Fsp3) is 0.240. The number of nitrogens with one attached hydrogen (secondary N) is 1. The van der Waals surface area contributed by atoms with Gasteiger partial charge in [-0.15, -0.1) is 0 Å². The predicted octanol–water partition coefficient (Wildman–Crippen LogP) is 4.65. The Morgan fingerprint density at radius 2 is 1.87 bits per heavy atom. The molecule has 0 bridgehead atoms. The van der Waals surface area contributed by atoms with Gasteiger partial charge in [0.15, 0.2) is 0 Å². The lowest BCUT2D eigenvalue weighted by atomic mass is 10.1. The Morgan fingerprint density at radius 1 is 1.07 bits per heavy atom. The Labute approximate surface area is 177 Å². The van der Waals surface area contributed by atoms with Gasteiger partial charge in [0, 0.05) is 25.0 Å². The lowest BCUT2D eigenvalue weighted by Gasteiger charge is -2.15. The highest BCUT2D eigenvalue weighted by Crippen LogP contribution is 2.18. The zero-order valence-electron chi connectivity index (χ0n) is 17.4. The Balaban J connectivity index is 1.28. The summed E-state index contributed by atoms with van der Waals surface area (Å²) in [6.45, 7) is 5.39. The molecular weight excluding hydrogens is 374 g/mol. The Kier molecular flexibility index (Phi) is 6.00. The van der Waals surface area contributed by atoms with Gasteiger partial charge in [0.25, 0.3) is 0 Å². The topological polar surface area (TPSA) is 58.8 Å². The maximum absolute atomic E-state index is 9.92. The third-order valence-electron chi connectivity index (χ3n) is 5.21. The summed E-state index contributed by atoms with van der Waals surface area (Å²) in [5.41, 5.74) is 5.18. The van der Waals surface area contributed by atoms with E-state index in [1.807, 2.05) is 53.2 Å². The number of phenols is 1. The van der Waals surface area contributed by atoms with Crippen molar-refractivity contribution in [1.29, 1.82) is 0 Å². The van der Waals surface area contributed by atoms with Crippen LogP contribution in [0.4, 0.5) is 0 Å². The van der Waals surface area contributed by atoms with E-state index in [9.17, 15) is 5.11 Å². The van der Waals surface area contributed by atoms with Crippen LogP contribution >= 0.6 is 0 Å². The molecule has 0 amide bonds. The van der Waals surface area contributed by atoms with Crippen LogP contribution in [0.1, 0.15) is 29.3 Å². The molecule has 154 valence electrons. The summed E-state index contributed by atoms with van der Waals surface area (Å²) in [7, 11) is 0. The molecule has 0 aliphatic rings. The molecule has 0 aliphatic heterocycles. The van der Waals surface area contributed by atoms with Gasteiger partial charge in [-0.05, 0) is 61.2 Å². The average Bonchev–Trinajstić information content (AvgIpc) is 3.18. The third-order valence-corrected chi connectivity index (χ3v) is 5.21. The first-order valence-electron chi connectivity index (χ1n) is 10.2. The highest BCUT2D eigenvalue weighted by molar-refractivity contribution is 5.47. The molecule has 0 spiro atoms. The van der Waals surface area contributed by atoms with Crippen molar-refractivity contribution in [2.24, 2.45) is 0 Å². The number of imidazole rings is 1. The number of aromatic nitrogens is 2. The molecule has 2 aromatic heterocycles. The lowest BCUT2D eigenvalue weighted by Crippen LogP contribution is -2.27. The fourth-order valence-corrected chi connectivity index (χ4v) is 3.51. The summed E-state index contributed by atoms with van der Waals surface area (Å²) < 4.78 is 7.94. The van der Waals surface area contributed by atoms with Gasteiger partial charge in [-0.25, -0.2) is 4.98 Å². The van der Waals surface area contributed by atoms with E-state index in [4.69, 9.17) is 4.74 Å². The molecule has 2 heterocycles. The van der Waals surface area contributed by atoms with Crippen LogP contribution in [-0.2, 0) is 19.6 Å². The van der Waals surface area contributed by atoms with Gasteiger partial charge >= 0.3 is 0 Å². The fourth-order valence-electron chi connectivity index (χ4n) is 3.51. The number of para-hydroxylation sites is 1. The second kappa shape index (κ2) is 9.01. The molecule has 2 aromatic carbocycles. The van der Waals surface area contributed by atoms with Crippen LogP contribution < -0.4 is 10.1 Å². The number of ether oxygens (including phenoxy) is 1. The van der Waals surface area contributed by atoms with Crippen molar-refractivity contribution in [2.45, 2.75) is 39.5 Å². The van der Waals surface area contributed by atoms with Gasteiger partial charge in [0.1, 0.15) is 23.8 Å². The second-order valence-electron chi connectivity index (χ2n) is 7.70. The van der Waals surface area contributed by atoms with E-state index in [-0.39, 0.29) is 6.04 Å². The molecule has 0 saturated heterocycles. The van der Waals surface area contributed by atoms with Gasteiger partial charge in [0.2, 0.25) is 0 Å². The van der Waals surface area contributed by atoms with Crippen molar-refractivity contribution in [3.63, 3.8) is 0 Å². The summed E-state index contributed by atoms with van der Waals surface area (Å²) in [6.07, 6.45) is 4.79. The van der Waals surface area contributed by atoms with Crippen LogP contribution in [0.25, 0.3) is 5.65 Å². The van der Waals surface area contributed by atoms with E-state index in [2.05, 4.69) is 42.3 Å². The van der Waals surface area contributed by atoms with E-state index >= 15 is 0 Å². The van der Waals surface area contributed by atoms with Crippen LogP contribution in [0.3, 0.4) is 0 Å². The monoisotopic (exact) mass is 401 g/mol. The molecule has 1 atom stereocenters. The lowest BCUT2D eigenvalue weighted by molar-refractivity contribution is 0.302. The highest BCUT2D eigenvalue weighted by Gasteiger charge is 2.07. The average molecular weight is 402 g/mol. The summed E-state index contributed by atoms with van der Waals surface area (Å²) in [5.74, 6) is 1.18. The number of nitrogens with zero attached hydrogens (tertiary/aromatic N) is 2. The summed E-state index contributed by atoms with van der Waals surface area (Å²) >= 11 is 0. The molecule has 4 rings (SSSR count). The molecule has 0 fully saturated rings. The number of hydrogen-bond donors (Lipinski definition) is 2. The normalized spacial score (nSPS) is 12.2. The van der Waals surface area contributed by atoms with E-state index in [0.29, 0.717) is 12.4 Å². The standard InChI is InChI=1S/C25H27N3O2/c1-18-6-5-13-28-16-22(27-25(18)28)17-30-23-11-9-20(10-12-23)15-26-19(2)14-21-7-3-4-8-24(21)29/h3-13,16,19,26,29H,14-15,17H2,1-2H3. The second-order valence-corrected chi connectivity index (χ2v) is 7.70. The van der Waals surface area contributed by atoms with Crippen LogP contribution in [-0.4, -0.2) is 20.5 Å². The summed E-state index contributed by atoms with van der Waals surface area (Å²) in [6, 6.07) is 20.0. The minimum absolute atomic E-state index is 0.257. The summed E-state index contributed by atoms with van der Waals surface area (Å²) in [4.78, 5) is 4.64. The van der Waals surface area contributed by atoms with E-state index in [1.54, 1.807) is 6.07 Å². The molecule has 5 heteroatoms. The molecule has 0 radical (unpaired) electrons. The number of pyridine rings is 1. The Morgan fingerprint density at radius 3 is 2.63 bits per heavy atom. The van der Waals surface area contributed by atoms with Crippen LogP contribution in [0.15, 0.2) is 73.1 Å². The molecule has 1 unspecified atom stereocenters. The summed E-state index contributed by atoms with van der Waals surface area (Å²) in [5, 5.41) is 13.4. The van der Waals surface area contributed by atoms with Gasteiger partial charge in [0.05, 0.1) is 5.69 Å². The smallest absolute Gasteiger partial charge is 0.140 e. The number of hydrogen-bond acceptors (Lipinski definition) is 4. The van der Waals surface area contributed by atoms with Gasteiger partial charge in [-0.1, -0.05) is 36.4 Å². The molecule has 5 nitrogen and oxygen atoms in total. The van der Waals surface area contributed by atoms with Crippen molar-refractivity contribution >= 4 is 5.65 Å². The van der Waals surface area contributed by atoms with Crippen LogP contribution in [0.2, 0.25) is 0 Å². The maximum Gasteiger partial charge on any atom is 0.140 e. The van der Waals surface area contributed by atoms with Gasteiger partial charge in [-0.2, -0.15) is 0 Å². The number of rotatable bonds is 8. The van der Waals surface area contributed by atoms with E-state index in [0.717, 1.165) is 41.2 Å². The van der Waals surface area contributed by atoms with Gasteiger partial charge in [-0.3, -0.25) is 0 Å². The number of phenolic OH excluding ortho intramolecular Hbond substituents is 1. The molecule has 0 aliphatic carbocycles. The van der Waals surface area contributed by atoms with Crippen LogP contribution in [0, 0.1) is 6.92 Å². The minimum Gasteiger partial charge on any atom is -0.508 e. The van der Waals surface area contributed by atoms with Crippen LogP contribution in [0.5, 0.6) is 11.5 Å². The Bertz CT molecular complexity index is 1120. The van der Waals surface area contributed by atoms with E-state index in [1.165, 1.54) is 5.56 Å². The van der Waals surface area contributed by atoms with Crippen molar-refractivity contribution in [3.8, 4) is 11.5 Å². The first-order valence-corrected chi connectivity index (χ1v) is 10.2. The number of aromatic hydroxyl groups is 1. The van der Waals surface area contributed by atoms with E-state index < -0.39 is 0 Å². The maximum atomic E-state index is 9.92. The largest absolute Gasteiger partial charge is 0.508 e. The third kappa shape index (κ3) is 4.81. The predicted molar refractivity (Wildman–Crippen MR) is 119 cm³/mol. The zero-order valence-corrected chi connectivity index (χ0v) is 17.4.